The van der Waals surface area contributed by atoms with Gasteiger partial charge in [0.2, 0.25) is 0 Å². The summed E-state index contributed by atoms with van der Waals surface area (Å²) in [6.07, 6.45) is 0. The van der Waals surface area contributed by atoms with E-state index in [0.29, 0.717) is 55.5 Å². The first-order valence-corrected chi connectivity index (χ1v) is 24.5. The number of aryl methyl sites for hydroxylation is 2. The minimum atomic E-state index is -4.90. The Morgan fingerprint density at radius 2 is 1.00 bits per heavy atom. The summed E-state index contributed by atoms with van der Waals surface area (Å²) in [4.78, 5) is 24.9. The Morgan fingerprint density at radius 1 is 0.589 bits per heavy atom. The van der Waals surface area contributed by atoms with E-state index in [4.69, 9.17) is 32.7 Å². The molecule has 8 aromatic rings. The van der Waals surface area contributed by atoms with Gasteiger partial charge in [0.15, 0.2) is 5.75 Å². The molecule has 0 atom stereocenters. The average molecular weight is 1090 g/mol. The average Bonchev–Trinajstić information content (AvgIpc) is 3.34. The zero-order valence-corrected chi connectivity index (χ0v) is 44.1. The number of azo groups is 2. The molecule has 0 aliphatic carbocycles. The molecule has 0 bridgehead atoms. The number of hydrogen-bond acceptors (Lipinski definition) is 15. The van der Waals surface area contributed by atoms with Crippen molar-refractivity contribution in [2.24, 2.45) is 20.5 Å². The summed E-state index contributed by atoms with van der Waals surface area (Å²) in [6.45, 7) is 3.11. The van der Waals surface area contributed by atoms with Crippen LogP contribution in [-0.4, -0.2) is 94.8 Å². The molecule has 368 valence electrons. The Bertz CT molecular complexity index is 3490. The number of methoxy groups -OCH3 is 2. The van der Waals surface area contributed by atoms with Crippen molar-refractivity contribution in [3.63, 3.8) is 0 Å². The second-order valence-corrected chi connectivity index (χ2v) is 19.1. The van der Waals surface area contributed by atoms with Crippen molar-refractivity contribution in [3.8, 4) is 23.0 Å². The molecule has 0 spiro atoms. The van der Waals surface area contributed by atoms with Crippen molar-refractivity contribution in [1.82, 2.24) is 0 Å². The van der Waals surface area contributed by atoms with Gasteiger partial charge in [-0.25, -0.2) is 8.42 Å². The van der Waals surface area contributed by atoms with Gasteiger partial charge >= 0.3 is 37.7 Å². The molecule has 0 saturated carbocycles. The third kappa shape index (κ3) is 13.1. The van der Waals surface area contributed by atoms with Crippen molar-refractivity contribution >= 4 is 149 Å². The van der Waals surface area contributed by atoms with E-state index in [1.807, 2.05) is 0 Å². The second-order valence-electron chi connectivity index (χ2n) is 15.5. The van der Waals surface area contributed by atoms with Gasteiger partial charge in [-0.3, -0.25) is 14.1 Å². The molecule has 2 amide bonds. The van der Waals surface area contributed by atoms with Gasteiger partial charge in [0.1, 0.15) is 43.6 Å². The first kappa shape index (κ1) is 55.6. The molecule has 0 aliphatic heterocycles. The smallest absolute Gasteiger partial charge is 0.870 e. The first-order chi connectivity index (χ1) is 34.2. The summed E-state index contributed by atoms with van der Waals surface area (Å²) in [7, 11) is -6.50. The summed E-state index contributed by atoms with van der Waals surface area (Å²) in [5.74, 6) is -1.25. The summed E-state index contributed by atoms with van der Waals surface area (Å²) >= 11 is 12.2. The van der Waals surface area contributed by atoms with Crippen LogP contribution in [0.5, 0.6) is 23.0 Å². The predicted molar refractivity (Wildman–Crippen MR) is 275 cm³/mol. The number of phenolic OH excluding ortho intramolecular Hbond substituents is 1. The SMILES string of the molecule is COc1ccc(NC(=O)c2cc3ccccc3c(N=Nc3cc(Cl)c(C)cc3S(=O)(=O)O)c2O)cc1.COc1ccc(NC(=O)c2cc3ccccc3c(N=Nc3cc(Cl)c(C)cc3S(=O)(=O)[O-])c2[O-])cc1.[Ca+2]. The molecular weight excluding hydrogens is 1050 g/mol. The summed E-state index contributed by atoms with van der Waals surface area (Å²) < 4.78 is 78.8. The molecule has 0 aromatic heterocycles. The molecular formula is C50H38CaCl2N6O12S2. The topological polar surface area (TPSA) is 281 Å². The van der Waals surface area contributed by atoms with Gasteiger partial charge in [0, 0.05) is 37.8 Å². The Labute approximate surface area is 457 Å². The van der Waals surface area contributed by atoms with E-state index in [-0.39, 0.29) is 81.7 Å². The number of halogens is 2. The summed E-state index contributed by atoms with van der Waals surface area (Å²) in [6, 6.07) is 34.4. The number of benzene rings is 8. The fourth-order valence-corrected chi connectivity index (χ4v) is 8.66. The number of ether oxygens (including phenoxy) is 2. The van der Waals surface area contributed by atoms with Gasteiger partial charge in [-0.05, 0) is 121 Å². The fourth-order valence-electron chi connectivity index (χ4n) is 6.97. The number of fused-ring (bicyclic) bond motifs is 2. The number of nitrogens with one attached hydrogen (secondary N) is 2. The normalized spacial score (nSPS) is 11.5. The Morgan fingerprint density at radius 3 is 1.47 bits per heavy atom. The fraction of sp³-hybridized carbons (Fsp3) is 0.0800. The maximum Gasteiger partial charge on any atom is 2.00 e. The zero-order valence-electron chi connectivity index (χ0n) is 38.7. The van der Waals surface area contributed by atoms with Crippen LogP contribution in [0.4, 0.5) is 34.1 Å². The monoisotopic (exact) mass is 1090 g/mol. The minimum Gasteiger partial charge on any atom is -0.870 e. The van der Waals surface area contributed by atoms with Gasteiger partial charge in [-0.15, -0.1) is 15.3 Å². The zero-order chi connectivity index (χ0) is 52.1. The van der Waals surface area contributed by atoms with Crippen molar-refractivity contribution in [2.75, 3.05) is 24.9 Å². The Kier molecular flexibility index (Phi) is 17.8. The van der Waals surface area contributed by atoms with E-state index in [9.17, 15) is 45.7 Å². The van der Waals surface area contributed by atoms with Crippen LogP contribution in [0.3, 0.4) is 0 Å². The van der Waals surface area contributed by atoms with E-state index in [2.05, 4.69) is 31.1 Å². The molecule has 8 aromatic carbocycles. The van der Waals surface area contributed by atoms with Crippen molar-refractivity contribution in [1.29, 1.82) is 0 Å². The van der Waals surface area contributed by atoms with Crippen LogP contribution in [-0.2, 0) is 20.2 Å². The second kappa shape index (κ2) is 23.4. The minimum absolute atomic E-state index is 0. The Hall–Kier alpha value is -6.72. The molecule has 8 rings (SSSR count). The quantitative estimate of drug-likeness (QED) is 0.0505. The number of aromatic hydroxyl groups is 1. The van der Waals surface area contributed by atoms with E-state index in [1.54, 1.807) is 104 Å². The standard InChI is InChI=1S/2C25H20ClN3O6S.Ca/c2*1-14-11-22(36(32,33)34)21(13-20(14)26)28-29-23-18-6-4-3-5-15(18)12-19(24(23)30)25(31)27-16-7-9-17(35-2)10-8-16;/h2*3-13,30H,1-2H3,(H,27,31)(H,32,33,34);/q;;+2/p-2. The number of anilines is 2. The molecule has 23 heteroatoms. The van der Waals surface area contributed by atoms with Crippen LogP contribution >= 0.6 is 23.2 Å². The summed E-state index contributed by atoms with van der Waals surface area (Å²) in [5.41, 5.74) is 0.602. The molecule has 0 heterocycles. The molecule has 4 N–H and O–H groups in total. The number of carbonyl (C=O) groups is 2. The van der Waals surface area contributed by atoms with Gasteiger partial charge < -0.3 is 34.9 Å². The van der Waals surface area contributed by atoms with Crippen LogP contribution in [0.1, 0.15) is 31.8 Å². The van der Waals surface area contributed by atoms with Crippen LogP contribution in [0.25, 0.3) is 21.5 Å². The summed E-state index contributed by atoms with van der Waals surface area (Å²) in [5, 5.41) is 47.9. The molecule has 0 aliphatic rings. The number of rotatable bonds is 12. The number of amides is 2. The number of carbonyl (C=O) groups excluding carboxylic acids is 2. The van der Waals surface area contributed by atoms with Crippen molar-refractivity contribution < 1.29 is 55.2 Å². The van der Waals surface area contributed by atoms with Crippen LogP contribution in [0.15, 0.2) is 164 Å². The molecule has 0 radical (unpaired) electrons. The van der Waals surface area contributed by atoms with E-state index in [0.717, 1.165) is 6.07 Å². The van der Waals surface area contributed by atoms with E-state index >= 15 is 0 Å². The predicted octanol–water partition coefficient (Wildman–Crippen LogP) is 11.5. The number of phenols is 1. The molecule has 0 fully saturated rings. The van der Waals surface area contributed by atoms with Gasteiger partial charge in [-0.1, -0.05) is 77.5 Å². The molecule has 0 saturated heterocycles. The number of nitrogens with zero attached hydrogens (tertiary/aromatic N) is 4. The van der Waals surface area contributed by atoms with Crippen LogP contribution in [0, 0.1) is 13.8 Å². The van der Waals surface area contributed by atoms with Crippen molar-refractivity contribution in [2.45, 2.75) is 23.6 Å². The molecule has 73 heavy (non-hydrogen) atoms. The van der Waals surface area contributed by atoms with Gasteiger partial charge in [0.05, 0.1) is 30.4 Å². The van der Waals surface area contributed by atoms with E-state index in [1.165, 1.54) is 51.5 Å². The maximum atomic E-state index is 13.3. The number of hydrogen-bond donors (Lipinski definition) is 4. The van der Waals surface area contributed by atoms with Gasteiger partial charge in [-0.2, -0.15) is 13.5 Å². The van der Waals surface area contributed by atoms with Crippen LogP contribution in [0.2, 0.25) is 10.0 Å². The molecule has 0 unspecified atom stereocenters. The third-order valence-electron chi connectivity index (χ3n) is 10.7. The van der Waals surface area contributed by atoms with Gasteiger partial charge in [0.25, 0.3) is 21.9 Å². The van der Waals surface area contributed by atoms with E-state index < -0.39 is 53.3 Å². The third-order valence-corrected chi connectivity index (χ3v) is 13.3. The van der Waals surface area contributed by atoms with Crippen molar-refractivity contribution in [3.05, 3.63) is 166 Å². The largest absolute Gasteiger partial charge is 2.00 e. The Balaban J connectivity index is 0.000000235. The molecule has 18 nitrogen and oxygen atoms in total. The van der Waals surface area contributed by atoms with Crippen LogP contribution < -0.4 is 25.2 Å². The maximum absolute atomic E-state index is 13.3. The first-order valence-electron chi connectivity index (χ1n) is 20.9.